The number of carbonyl (C=O) groups excluding carboxylic acids is 1. The number of hydrogen-bond acceptors (Lipinski definition) is 3. The van der Waals surface area contributed by atoms with E-state index in [1.165, 1.54) is 19.3 Å². The minimum absolute atomic E-state index is 0.241. The highest BCUT2D eigenvalue weighted by molar-refractivity contribution is 5.97. The highest BCUT2D eigenvalue weighted by Crippen LogP contribution is 2.39. The maximum absolute atomic E-state index is 12.3. The summed E-state index contributed by atoms with van der Waals surface area (Å²) in [6.07, 6.45) is 6.45. The number of fused-ring (bicyclic) bond motifs is 1. The van der Waals surface area contributed by atoms with E-state index in [-0.39, 0.29) is 5.78 Å². The molecule has 3 rings (SSSR count). The molecule has 2 fully saturated rings. The third kappa shape index (κ3) is 1.99. The lowest BCUT2D eigenvalue weighted by atomic mass is 9.90. The molecule has 0 radical (unpaired) electrons. The fourth-order valence-corrected chi connectivity index (χ4v) is 3.71. The zero-order valence-corrected chi connectivity index (χ0v) is 11.1. The fourth-order valence-electron chi connectivity index (χ4n) is 3.71. The van der Waals surface area contributed by atoms with Crippen molar-refractivity contribution in [2.75, 3.05) is 6.54 Å². The first-order valence-electron chi connectivity index (χ1n) is 6.92. The van der Waals surface area contributed by atoms with Gasteiger partial charge in [0.15, 0.2) is 5.78 Å². The summed E-state index contributed by atoms with van der Waals surface area (Å²) in [5, 5.41) is 7.79. The summed E-state index contributed by atoms with van der Waals surface area (Å²) in [7, 11) is 1.87. The molecule has 1 aromatic rings. The molecule has 2 aliphatic rings. The van der Waals surface area contributed by atoms with E-state index in [9.17, 15) is 4.79 Å². The zero-order chi connectivity index (χ0) is 12.7. The van der Waals surface area contributed by atoms with Crippen LogP contribution in [0, 0.1) is 18.8 Å². The van der Waals surface area contributed by atoms with Gasteiger partial charge in [-0.1, -0.05) is 6.42 Å². The summed E-state index contributed by atoms with van der Waals surface area (Å²) in [5.41, 5.74) is 1.64. The Bertz CT molecular complexity index is 466. The van der Waals surface area contributed by atoms with E-state index in [4.69, 9.17) is 0 Å². The van der Waals surface area contributed by atoms with Gasteiger partial charge in [-0.2, -0.15) is 5.10 Å². The van der Waals surface area contributed by atoms with Gasteiger partial charge in [0.2, 0.25) is 0 Å². The molecule has 1 aliphatic heterocycles. The molecule has 1 saturated heterocycles. The maximum Gasteiger partial charge on any atom is 0.167 e. The molecule has 0 aromatic carbocycles. The summed E-state index contributed by atoms with van der Waals surface area (Å²) < 4.78 is 1.73. The van der Waals surface area contributed by atoms with Crippen LogP contribution < -0.4 is 5.32 Å². The lowest BCUT2D eigenvalue weighted by molar-refractivity contribution is 0.0963. The molecule has 98 valence electrons. The van der Waals surface area contributed by atoms with Gasteiger partial charge in [0.1, 0.15) is 0 Å². The molecule has 2 heterocycles. The highest BCUT2D eigenvalue weighted by atomic mass is 16.1. The molecule has 1 aromatic heterocycles. The molecule has 4 nitrogen and oxygen atoms in total. The van der Waals surface area contributed by atoms with Crippen molar-refractivity contribution in [1.29, 1.82) is 0 Å². The van der Waals surface area contributed by atoms with Crippen molar-refractivity contribution in [2.45, 2.75) is 38.6 Å². The predicted molar refractivity (Wildman–Crippen MR) is 69.5 cm³/mol. The monoisotopic (exact) mass is 247 g/mol. The van der Waals surface area contributed by atoms with Crippen molar-refractivity contribution in [3.05, 3.63) is 17.5 Å². The van der Waals surface area contributed by atoms with E-state index >= 15 is 0 Å². The normalized spacial score (nSPS) is 30.7. The number of nitrogens with one attached hydrogen (secondary N) is 1. The molecule has 4 heteroatoms. The number of Topliss-reactive ketones (excluding diaryl/α,β-unsaturated/α-hetero) is 1. The Morgan fingerprint density at radius 1 is 1.56 bits per heavy atom. The molecule has 1 saturated carbocycles. The molecule has 1 N–H and O–H groups in total. The van der Waals surface area contributed by atoms with Crippen molar-refractivity contribution in [3.63, 3.8) is 0 Å². The second-order valence-electron chi connectivity index (χ2n) is 5.80. The second kappa shape index (κ2) is 4.50. The topological polar surface area (TPSA) is 46.9 Å². The van der Waals surface area contributed by atoms with Crippen LogP contribution in [0.5, 0.6) is 0 Å². The number of hydrogen-bond donors (Lipinski definition) is 1. The van der Waals surface area contributed by atoms with Gasteiger partial charge in [-0.05, 0) is 38.1 Å². The van der Waals surface area contributed by atoms with Crippen LogP contribution in [0.25, 0.3) is 0 Å². The summed E-state index contributed by atoms with van der Waals surface area (Å²) in [6, 6.07) is 0.393. The van der Waals surface area contributed by atoms with Crippen LogP contribution in [0.1, 0.15) is 41.7 Å². The predicted octanol–water partition coefficient (Wildman–Crippen LogP) is 1.69. The minimum atomic E-state index is 0.241. The standard InChI is InChI=1S/C14H21N3O/c1-9-12(8-17(2)16-9)14(18)6-13-11-5-3-4-10(11)7-15-13/h8,10-11,13,15H,3-7H2,1-2H3. The van der Waals surface area contributed by atoms with E-state index in [1.54, 1.807) is 4.68 Å². The Kier molecular flexibility index (Phi) is 2.98. The summed E-state index contributed by atoms with van der Waals surface area (Å²) in [5.74, 6) is 1.79. The average Bonchev–Trinajstić information content (AvgIpc) is 2.96. The largest absolute Gasteiger partial charge is 0.313 e. The van der Waals surface area contributed by atoms with Gasteiger partial charge in [-0.25, -0.2) is 0 Å². The van der Waals surface area contributed by atoms with E-state index in [0.29, 0.717) is 12.5 Å². The van der Waals surface area contributed by atoms with Crippen LogP contribution in [0.4, 0.5) is 0 Å². The first-order chi connectivity index (χ1) is 8.65. The molecular formula is C14H21N3O. The Morgan fingerprint density at radius 3 is 3.11 bits per heavy atom. The van der Waals surface area contributed by atoms with Gasteiger partial charge in [0.05, 0.1) is 11.3 Å². The van der Waals surface area contributed by atoms with E-state index in [1.807, 2.05) is 20.2 Å². The fraction of sp³-hybridized carbons (Fsp3) is 0.714. The third-order valence-electron chi connectivity index (χ3n) is 4.60. The Balaban J connectivity index is 1.69. The molecule has 0 spiro atoms. The van der Waals surface area contributed by atoms with E-state index < -0.39 is 0 Å². The highest BCUT2D eigenvalue weighted by Gasteiger charge is 2.39. The van der Waals surface area contributed by atoms with Crippen LogP contribution in [0.3, 0.4) is 0 Å². The van der Waals surface area contributed by atoms with Crippen LogP contribution in [-0.4, -0.2) is 28.2 Å². The first-order valence-corrected chi connectivity index (χ1v) is 6.92. The van der Waals surface area contributed by atoms with Crippen molar-refractivity contribution in [3.8, 4) is 0 Å². The second-order valence-corrected chi connectivity index (χ2v) is 5.80. The van der Waals surface area contributed by atoms with Crippen molar-refractivity contribution < 1.29 is 4.79 Å². The van der Waals surface area contributed by atoms with Gasteiger partial charge < -0.3 is 5.32 Å². The lowest BCUT2D eigenvalue weighted by Crippen LogP contribution is -2.29. The number of aryl methyl sites for hydroxylation is 2. The van der Waals surface area contributed by atoms with Gasteiger partial charge >= 0.3 is 0 Å². The average molecular weight is 247 g/mol. The van der Waals surface area contributed by atoms with Gasteiger partial charge in [0, 0.05) is 25.7 Å². The molecule has 1 aliphatic carbocycles. The third-order valence-corrected chi connectivity index (χ3v) is 4.60. The molecular weight excluding hydrogens is 226 g/mol. The van der Waals surface area contributed by atoms with Crippen LogP contribution in [0.15, 0.2) is 6.20 Å². The number of ketones is 1. The lowest BCUT2D eigenvalue weighted by Gasteiger charge is -2.17. The van der Waals surface area contributed by atoms with Crippen molar-refractivity contribution in [2.24, 2.45) is 18.9 Å². The number of nitrogens with zero attached hydrogens (tertiary/aromatic N) is 2. The molecule has 3 atom stereocenters. The number of rotatable bonds is 3. The quantitative estimate of drug-likeness (QED) is 0.827. The Morgan fingerprint density at radius 2 is 2.39 bits per heavy atom. The zero-order valence-electron chi connectivity index (χ0n) is 11.1. The summed E-state index contributed by atoms with van der Waals surface area (Å²) in [6.45, 7) is 3.02. The van der Waals surface area contributed by atoms with Gasteiger partial charge in [-0.15, -0.1) is 0 Å². The van der Waals surface area contributed by atoms with Crippen LogP contribution >= 0.6 is 0 Å². The SMILES string of the molecule is Cc1nn(C)cc1C(=O)CC1NCC2CCCC21. The Labute approximate surface area is 108 Å². The van der Waals surface area contributed by atoms with Crippen LogP contribution in [0.2, 0.25) is 0 Å². The van der Waals surface area contributed by atoms with E-state index in [0.717, 1.165) is 29.6 Å². The summed E-state index contributed by atoms with van der Waals surface area (Å²) >= 11 is 0. The van der Waals surface area contributed by atoms with E-state index in [2.05, 4.69) is 10.4 Å². The molecule has 18 heavy (non-hydrogen) atoms. The first kappa shape index (κ1) is 11.9. The maximum atomic E-state index is 12.3. The number of carbonyl (C=O) groups is 1. The summed E-state index contributed by atoms with van der Waals surface area (Å²) in [4.78, 5) is 12.3. The number of aromatic nitrogens is 2. The molecule has 0 bridgehead atoms. The smallest absolute Gasteiger partial charge is 0.167 e. The van der Waals surface area contributed by atoms with Crippen LogP contribution in [-0.2, 0) is 7.05 Å². The molecule has 0 amide bonds. The van der Waals surface area contributed by atoms with Gasteiger partial charge in [-0.3, -0.25) is 9.48 Å². The Hall–Kier alpha value is -1.16. The van der Waals surface area contributed by atoms with Crippen molar-refractivity contribution >= 4 is 5.78 Å². The molecule has 3 unspecified atom stereocenters. The minimum Gasteiger partial charge on any atom is -0.313 e. The van der Waals surface area contributed by atoms with Crippen molar-refractivity contribution in [1.82, 2.24) is 15.1 Å². The van der Waals surface area contributed by atoms with Gasteiger partial charge in [0.25, 0.3) is 0 Å².